The van der Waals surface area contributed by atoms with Gasteiger partial charge in [0.05, 0.1) is 6.33 Å². The van der Waals surface area contributed by atoms with Gasteiger partial charge in [0.2, 0.25) is 0 Å². The van der Waals surface area contributed by atoms with Gasteiger partial charge in [0, 0.05) is 0 Å². The van der Waals surface area contributed by atoms with Gasteiger partial charge in [-0.05, 0) is 0 Å². The minimum absolute atomic E-state index is 0.0780. The first-order chi connectivity index (χ1) is 10.5. The summed E-state index contributed by atoms with van der Waals surface area (Å²) in [5, 5.41) is 36.7. The number of imidazole rings is 1. The summed E-state index contributed by atoms with van der Waals surface area (Å²) < 4.78 is 20.9. The first-order valence-corrected chi connectivity index (χ1v) is 7.66. The van der Waals surface area contributed by atoms with Gasteiger partial charge in [0.25, 0.3) is 0 Å². The van der Waals surface area contributed by atoms with E-state index in [-0.39, 0.29) is 11.5 Å². The van der Waals surface area contributed by atoms with Crippen LogP contribution in [0.3, 0.4) is 0 Å². The fourth-order valence-electron chi connectivity index (χ4n) is 2.13. The van der Waals surface area contributed by atoms with Gasteiger partial charge in [0.1, 0.15) is 35.7 Å². The van der Waals surface area contributed by atoms with Crippen molar-refractivity contribution in [2.24, 2.45) is 5.73 Å². The fourth-order valence-corrected chi connectivity index (χ4v) is 2.53. The molecule has 0 aromatic carbocycles. The van der Waals surface area contributed by atoms with Crippen LogP contribution >= 0.6 is 7.82 Å². The van der Waals surface area contributed by atoms with E-state index >= 15 is 0 Å². The molecule has 0 aliphatic carbocycles. The smallest absolute Gasteiger partial charge is 0.387 e. The molecule has 1 aromatic heterocycles. The number of anilines is 1. The average Bonchev–Trinajstić information content (AvgIpc) is 2.90. The number of aliphatic hydroxyl groups excluding tert-OH is 3. The van der Waals surface area contributed by atoms with Crippen LogP contribution in [0.4, 0.5) is 5.82 Å². The number of nitrogens with one attached hydrogen (secondary N) is 1. The molecule has 1 saturated heterocycles. The van der Waals surface area contributed by atoms with Crippen molar-refractivity contribution in [1.82, 2.24) is 9.55 Å². The van der Waals surface area contributed by atoms with Crippen LogP contribution in [0, 0.1) is 5.41 Å². The number of hydrogen-bond acceptors (Lipinski definition) is 9. The van der Waals surface area contributed by atoms with Crippen molar-refractivity contribution in [1.29, 1.82) is 5.41 Å². The monoisotopic (exact) mass is 353 g/mol. The molecule has 2 unspecified atom stereocenters. The highest BCUT2D eigenvalue weighted by atomic mass is 31.2. The second kappa shape index (κ2) is 6.14. The number of aromatic nitrogens is 2. The topological polar surface area (TPSA) is 230 Å². The molecular formula is C9H16N5O8P. The molecule has 10 N–H and O–H groups in total. The molecule has 130 valence electrons. The average molecular weight is 353 g/mol. The molecule has 2 heterocycles. The molecule has 0 saturated carbocycles. The van der Waals surface area contributed by atoms with E-state index < -0.39 is 44.5 Å². The van der Waals surface area contributed by atoms with E-state index in [4.69, 9.17) is 31.4 Å². The maximum Gasteiger partial charge on any atom is 0.472 e. The van der Waals surface area contributed by atoms with Crippen LogP contribution < -0.4 is 11.5 Å². The zero-order valence-electron chi connectivity index (χ0n) is 11.4. The zero-order valence-corrected chi connectivity index (χ0v) is 12.3. The molecule has 0 spiro atoms. The number of rotatable bonds is 5. The molecule has 14 heteroatoms. The number of aliphatic hydroxyl groups is 3. The summed E-state index contributed by atoms with van der Waals surface area (Å²) in [6.45, 7) is 0. The molecule has 0 amide bonds. The third-order valence-electron chi connectivity index (χ3n) is 3.16. The van der Waals surface area contributed by atoms with Crippen LogP contribution in [0.15, 0.2) is 6.33 Å². The van der Waals surface area contributed by atoms with Gasteiger partial charge in [-0.3, -0.25) is 14.5 Å². The summed E-state index contributed by atoms with van der Waals surface area (Å²) in [7, 11) is -5.04. The van der Waals surface area contributed by atoms with E-state index in [0.717, 1.165) is 10.9 Å². The molecule has 0 radical (unpaired) electrons. The quantitative estimate of drug-likeness (QED) is 0.114. The Bertz CT molecular complexity index is 646. The number of phosphoric ester groups is 1. The van der Waals surface area contributed by atoms with E-state index in [1.807, 2.05) is 0 Å². The minimum atomic E-state index is -5.04. The molecule has 1 aliphatic rings. The lowest BCUT2D eigenvalue weighted by Crippen LogP contribution is -2.39. The lowest BCUT2D eigenvalue weighted by atomic mass is 10.1. The van der Waals surface area contributed by atoms with E-state index in [2.05, 4.69) is 9.51 Å². The Labute approximate surface area is 128 Å². The second-order valence-electron chi connectivity index (χ2n) is 4.76. The van der Waals surface area contributed by atoms with Gasteiger partial charge in [-0.25, -0.2) is 9.55 Å². The SMILES string of the molecule is N=C(N)c1ncn(C2O[C@H](C(O)OP(=O)(O)O)[C@@H](O)[C@H]2O)c1N. The van der Waals surface area contributed by atoms with Gasteiger partial charge in [0.15, 0.2) is 12.5 Å². The fraction of sp³-hybridized carbons (Fsp3) is 0.556. The van der Waals surface area contributed by atoms with Gasteiger partial charge in [-0.15, -0.1) is 0 Å². The van der Waals surface area contributed by atoms with Gasteiger partial charge in [-0.2, -0.15) is 0 Å². The van der Waals surface area contributed by atoms with Crippen LogP contribution in [-0.2, 0) is 13.8 Å². The largest absolute Gasteiger partial charge is 0.472 e. The first-order valence-electron chi connectivity index (χ1n) is 6.13. The Morgan fingerprint density at radius 2 is 2.09 bits per heavy atom. The number of hydrogen-bond donors (Lipinski definition) is 8. The van der Waals surface area contributed by atoms with Crippen LogP contribution in [0.5, 0.6) is 0 Å². The van der Waals surface area contributed by atoms with Crippen LogP contribution in [0.1, 0.15) is 11.9 Å². The van der Waals surface area contributed by atoms with Crippen LogP contribution in [0.2, 0.25) is 0 Å². The van der Waals surface area contributed by atoms with Gasteiger partial charge >= 0.3 is 7.82 Å². The van der Waals surface area contributed by atoms with Crippen molar-refractivity contribution in [3.05, 3.63) is 12.0 Å². The molecule has 13 nitrogen and oxygen atoms in total. The molecule has 0 bridgehead atoms. The predicted octanol–water partition coefficient (Wildman–Crippen LogP) is -3.20. The number of nitrogen functional groups attached to an aromatic ring is 2. The van der Waals surface area contributed by atoms with Crippen molar-refractivity contribution < 1.29 is 38.9 Å². The Morgan fingerprint density at radius 1 is 1.48 bits per heavy atom. The molecule has 5 atom stereocenters. The van der Waals surface area contributed by atoms with Gasteiger partial charge < -0.3 is 41.3 Å². The Balaban J connectivity index is 2.23. The van der Waals surface area contributed by atoms with E-state index in [1.165, 1.54) is 0 Å². The standard InChI is InChI=1S/C9H16N5O8P/c10-6(11)2-7(12)14(1-13-2)8-4(16)3(15)5(21-8)9(17)22-23(18,19)20/h1,3-5,8-9,15-17H,12H2,(H3,10,11)(H2,18,19,20)/t3-,4+,5-,8?,9?/m0/s1. The summed E-state index contributed by atoms with van der Waals surface area (Å²) in [5.74, 6) is -0.574. The summed E-state index contributed by atoms with van der Waals surface area (Å²) in [6, 6.07) is 0. The molecule has 1 aromatic rings. The van der Waals surface area contributed by atoms with Crippen LogP contribution in [-0.4, -0.2) is 65.1 Å². The van der Waals surface area contributed by atoms with Gasteiger partial charge in [-0.1, -0.05) is 0 Å². The summed E-state index contributed by atoms with van der Waals surface area (Å²) in [4.78, 5) is 21.0. The highest BCUT2D eigenvalue weighted by Gasteiger charge is 2.49. The van der Waals surface area contributed by atoms with E-state index in [9.17, 15) is 19.9 Å². The third-order valence-corrected chi connectivity index (χ3v) is 3.65. The van der Waals surface area contributed by atoms with Crippen molar-refractivity contribution in [2.75, 3.05) is 5.73 Å². The Kier molecular flexibility index (Phi) is 4.75. The minimum Gasteiger partial charge on any atom is -0.387 e. The van der Waals surface area contributed by atoms with Crippen molar-refractivity contribution >= 4 is 19.5 Å². The third kappa shape index (κ3) is 3.52. The maximum atomic E-state index is 10.7. The normalized spacial score (nSPS) is 29.6. The van der Waals surface area contributed by atoms with E-state index in [0.29, 0.717) is 0 Å². The van der Waals surface area contributed by atoms with E-state index in [1.54, 1.807) is 0 Å². The summed E-state index contributed by atoms with van der Waals surface area (Å²) in [5.41, 5.74) is 10.9. The number of nitrogens with two attached hydrogens (primary N) is 2. The number of amidine groups is 1. The lowest BCUT2D eigenvalue weighted by Gasteiger charge is -2.21. The Hall–Kier alpha value is -1.57. The van der Waals surface area contributed by atoms with Crippen LogP contribution in [0.25, 0.3) is 0 Å². The summed E-state index contributed by atoms with van der Waals surface area (Å²) >= 11 is 0. The Morgan fingerprint density at radius 3 is 2.57 bits per heavy atom. The molecule has 2 rings (SSSR count). The summed E-state index contributed by atoms with van der Waals surface area (Å²) in [6.07, 6.45) is -7.47. The maximum absolute atomic E-state index is 10.7. The molecule has 1 fully saturated rings. The number of ether oxygens (including phenoxy) is 1. The molecular weight excluding hydrogens is 337 g/mol. The second-order valence-corrected chi connectivity index (χ2v) is 5.95. The molecule has 1 aliphatic heterocycles. The number of nitrogens with zero attached hydrogens (tertiary/aromatic N) is 2. The highest BCUT2D eigenvalue weighted by molar-refractivity contribution is 7.46. The lowest BCUT2D eigenvalue weighted by molar-refractivity contribution is -0.161. The zero-order chi connectivity index (χ0) is 17.5. The van der Waals surface area contributed by atoms with Crippen molar-refractivity contribution in [3.63, 3.8) is 0 Å². The van der Waals surface area contributed by atoms with Crippen molar-refractivity contribution in [2.45, 2.75) is 30.8 Å². The molecule has 23 heavy (non-hydrogen) atoms. The number of phosphoric acid groups is 1. The first kappa shape index (κ1) is 17.8. The highest BCUT2D eigenvalue weighted by Crippen LogP contribution is 2.41. The van der Waals surface area contributed by atoms with Crippen molar-refractivity contribution in [3.8, 4) is 0 Å². The predicted molar refractivity (Wildman–Crippen MR) is 72.7 cm³/mol.